The lowest BCUT2D eigenvalue weighted by atomic mass is 10.0. The number of aromatic nitrogens is 1. The minimum atomic E-state index is -0.440. The van der Waals surface area contributed by atoms with Gasteiger partial charge in [0.05, 0.1) is 17.1 Å². The highest BCUT2D eigenvalue weighted by Crippen LogP contribution is 2.25. The van der Waals surface area contributed by atoms with Crippen LogP contribution in [0.1, 0.15) is 18.9 Å². The number of aryl methyl sites for hydroxylation is 1. The minimum Gasteiger partial charge on any atom is -0.379 e. The van der Waals surface area contributed by atoms with Crippen molar-refractivity contribution in [3.63, 3.8) is 0 Å². The largest absolute Gasteiger partial charge is 0.379 e. The number of nitrogens with one attached hydrogen (secondary N) is 1. The topological polar surface area (TPSA) is 77.3 Å². The van der Waals surface area contributed by atoms with Gasteiger partial charge < -0.3 is 10.1 Å². The molecule has 1 N–H and O–H groups in total. The molecule has 92 valence electrons. The Balaban J connectivity index is 2.19. The van der Waals surface area contributed by atoms with E-state index in [1.54, 1.807) is 0 Å². The molecule has 6 nitrogen and oxygen atoms in total. The quantitative estimate of drug-likeness (QED) is 0.641. The van der Waals surface area contributed by atoms with Crippen molar-refractivity contribution in [3.8, 4) is 0 Å². The van der Waals surface area contributed by atoms with E-state index in [1.165, 1.54) is 12.3 Å². The predicted octanol–water partition coefficient (Wildman–Crippen LogP) is 1.89. The van der Waals surface area contributed by atoms with Gasteiger partial charge >= 0.3 is 0 Å². The summed E-state index contributed by atoms with van der Waals surface area (Å²) in [4.78, 5) is 14.3. The Kier molecular flexibility index (Phi) is 2.97. The fourth-order valence-electron chi connectivity index (χ4n) is 1.84. The molecule has 17 heavy (non-hydrogen) atoms. The van der Waals surface area contributed by atoms with Crippen LogP contribution in [0.15, 0.2) is 12.3 Å². The van der Waals surface area contributed by atoms with Crippen LogP contribution in [-0.2, 0) is 4.74 Å². The number of anilines is 1. The third-order valence-electron chi connectivity index (χ3n) is 2.91. The molecular weight excluding hydrogens is 222 g/mol. The van der Waals surface area contributed by atoms with Crippen molar-refractivity contribution >= 4 is 11.5 Å². The highest BCUT2D eigenvalue weighted by atomic mass is 16.6. The molecule has 0 spiro atoms. The first-order chi connectivity index (χ1) is 8.00. The van der Waals surface area contributed by atoms with Crippen molar-refractivity contribution in [1.82, 2.24) is 4.98 Å². The summed E-state index contributed by atoms with van der Waals surface area (Å²) in [6.07, 6.45) is 2.18. The summed E-state index contributed by atoms with van der Waals surface area (Å²) >= 11 is 0. The Hall–Kier alpha value is -1.69. The van der Waals surface area contributed by atoms with Gasteiger partial charge in [0.2, 0.25) is 0 Å². The Morgan fingerprint density at radius 3 is 2.94 bits per heavy atom. The van der Waals surface area contributed by atoms with Crippen molar-refractivity contribution in [3.05, 3.63) is 27.9 Å². The van der Waals surface area contributed by atoms with E-state index in [-0.39, 0.29) is 11.2 Å². The van der Waals surface area contributed by atoms with Crippen molar-refractivity contribution < 1.29 is 9.66 Å². The predicted molar refractivity (Wildman–Crippen MR) is 63.1 cm³/mol. The maximum absolute atomic E-state index is 10.6. The van der Waals surface area contributed by atoms with Gasteiger partial charge in [-0.1, -0.05) is 0 Å². The monoisotopic (exact) mass is 237 g/mol. The molecule has 0 bridgehead atoms. The van der Waals surface area contributed by atoms with E-state index >= 15 is 0 Å². The first-order valence-corrected chi connectivity index (χ1v) is 5.47. The maximum atomic E-state index is 10.6. The normalized spacial score (nSPS) is 23.6. The van der Waals surface area contributed by atoms with Crippen LogP contribution in [-0.4, -0.2) is 28.7 Å². The Morgan fingerprint density at radius 1 is 1.65 bits per heavy atom. The molecule has 2 rings (SSSR count). The molecule has 0 amide bonds. The van der Waals surface area contributed by atoms with E-state index in [0.29, 0.717) is 12.4 Å². The molecule has 2 heterocycles. The van der Waals surface area contributed by atoms with E-state index in [2.05, 4.69) is 17.2 Å². The first-order valence-electron chi connectivity index (χ1n) is 5.47. The number of nitrogens with zero attached hydrogens (tertiary/aromatic N) is 2. The molecule has 0 aromatic carbocycles. The minimum absolute atomic E-state index is 0.0147. The summed E-state index contributed by atoms with van der Waals surface area (Å²) in [5, 5.41) is 13.9. The standard InChI is InChI=1S/C11H15N3O3/c1-8-5-9(14(15)16)6-12-10(8)13-11(2)3-4-17-7-11/h5-6H,3-4,7H2,1-2H3,(H,12,13). The van der Waals surface area contributed by atoms with Gasteiger partial charge in [-0.3, -0.25) is 10.1 Å². The molecule has 0 saturated carbocycles. The van der Waals surface area contributed by atoms with Crippen molar-refractivity contribution in [2.24, 2.45) is 0 Å². The van der Waals surface area contributed by atoms with Gasteiger partial charge in [-0.15, -0.1) is 0 Å². The lowest BCUT2D eigenvalue weighted by Gasteiger charge is -2.25. The molecular formula is C11H15N3O3. The summed E-state index contributed by atoms with van der Waals surface area (Å²) < 4.78 is 5.34. The first kappa shape index (κ1) is 11.8. The third kappa shape index (κ3) is 2.52. The molecule has 6 heteroatoms. The highest BCUT2D eigenvalue weighted by molar-refractivity contribution is 5.49. The van der Waals surface area contributed by atoms with E-state index < -0.39 is 4.92 Å². The van der Waals surface area contributed by atoms with Crippen LogP contribution in [0.5, 0.6) is 0 Å². The second kappa shape index (κ2) is 4.29. The van der Waals surface area contributed by atoms with Crippen LogP contribution in [0, 0.1) is 17.0 Å². The van der Waals surface area contributed by atoms with Gasteiger partial charge in [0, 0.05) is 12.7 Å². The summed E-state index contributed by atoms with van der Waals surface area (Å²) in [6, 6.07) is 1.52. The van der Waals surface area contributed by atoms with Gasteiger partial charge in [-0.2, -0.15) is 0 Å². The van der Waals surface area contributed by atoms with Crippen LogP contribution in [0.3, 0.4) is 0 Å². The molecule has 1 atom stereocenters. The average Bonchev–Trinajstić information content (AvgIpc) is 2.68. The second-order valence-corrected chi connectivity index (χ2v) is 4.60. The van der Waals surface area contributed by atoms with Gasteiger partial charge in [0.15, 0.2) is 0 Å². The summed E-state index contributed by atoms with van der Waals surface area (Å²) in [7, 11) is 0. The molecule has 1 aliphatic rings. The molecule has 0 aliphatic carbocycles. The van der Waals surface area contributed by atoms with Crippen molar-refractivity contribution in [2.45, 2.75) is 25.8 Å². The zero-order valence-electron chi connectivity index (χ0n) is 9.90. The summed E-state index contributed by atoms with van der Waals surface area (Å²) in [5.74, 6) is 0.684. The molecule has 1 saturated heterocycles. The fraction of sp³-hybridized carbons (Fsp3) is 0.545. The lowest BCUT2D eigenvalue weighted by molar-refractivity contribution is -0.385. The lowest BCUT2D eigenvalue weighted by Crippen LogP contribution is -2.35. The van der Waals surface area contributed by atoms with Gasteiger partial charge in [-0.05, 0) is 25.8 Å². The number of rotatable bonds is 3. The SMILES string of the molecule is Cc1cc([N+](=O)[O-])cnc1NC1(C)CCOC1. The van der Waals surface area contributed by atoms with Gasteiger partial charge in [0.25, 0.3) is 5.69 Å². The van der Waals surface area contributed by atoms with Crippen molar-refractivity contribution in [2.75, 3.05) is 18.5 Å². The van der Waals surface area contributed by atoms with Crippen LogP contribution >= 0.6 is 0 Å². The van der Waals surface area contributed by atoms with E-state index in [9.17, 15) is 10.1 Å². The Morgan fingerprint density at radius 2 is 2.41 bits per heavy atom. The molecule has 1 fully saturated rings. The van der Waals surface area contributed by atoms with Crippen LogP contribution in [0.25, 0.3) is 0 Å². The molecule has 1 aliphatic heterocycles. The number of hydrogen-bond donors (Lipinski definition) is 1. The number of nitro groups is 1. The van der Waals surface area contributed by atoms with Crippen molar-refractivity contribution in [1.29, 1.82) is 0 Å². The van der Waals surface area contributed by atoms with Crippen LogP contribution in [0.4, 0.5) is 11.5 Å². The molecule has 1 aromatic heterocycles. The molecule has 0 radical (unpaired) electrons. The van der Waals surface area contributed by atoms with Gasteiger partial charge in [0.1, 0.15) is 12.0 Å². The van der Waals surface area contributed by atoms with E-state index in [4.69, 9.17) is 4.74 Å². The Labute approximate surface area is 99.2 Å². The molecule has 1 aromatic rings. The van der Waals surface area contributed by atoms with Gasteiger partial charge in [-0.25, -0.2) is 4.98 Å². The van der Waals surface area contributed by atoms with Crippen LogP contribution in [0.2, 0.25) is 0 Å². The smallest absolute Gasteiger partial charge is 0.287 e. The average molecular weight is 237 g/mol. The van der Waals surface area contributed by atoms with Crippen LogP contribution < -0.4 is 5.32 Å². The maximum Gasteiger partial charge on any atom is 0.287 e. The third-order valence-corrected chi connectivity index (χ3v) is 2.91. The second-order valence-electron chi connectivity index (χ2n) is 4.60. The summed E-state index contributed by atoms with van der Waals surface area (Å²) in [5.41, 5.74) is 0.654. The highest BCUT2D eigenvalue weighted by Gasteiger charge is 2.30. The fourth-order valence-corrected chi connectivity index (χ4v) is 1.84. The number of ether oxygens (including phenoxy) is 1. The van der Waals surface area contributed by atoms with E-state index in [0.717, 1.165) is 18.6 Å². The summed E-state index contributed by atoms with van der Waals surface area (Å²) in [6.45, 7) is 5.23. The van der Waals surface area contributed by atoms with E-state index in [1.807, 2.05) is 6.92 Å². The molecule has 1 unspecified atom stereocenters. The number of pyridine rings is 1. The number of hydrogen-bond acceptors (Lipinski definition) is 5. The zero-order chi connectivity index (χ0) is 12.5. The Bertz CT molecular complexity index is 442. The zero-order valence-corrected chi connectivity index (χ0v) is 9.90.